The minimum atomic E-state index is -0.436. The molecule has 0 saturated heterocycles. The molecule has 15 heavy (non-hydrogen) atoms. The van der Waals surface area contributed by atoms with E-state index in [-0.39, 0.29) is 5.56 Å². The lowest BCUT2D eigenvalue weighted by molar-refractivity contribution is 0.625. The number of halogens is 2. The van der Waals surface area contributed by atoms with Crippen LogP contribution in [0.25, 0.3) is 5.69 Å². The summed E-state index contributed by atoms with van der Waals surface area (Å²) >= 11 is 2.11. The predicted octanol–water partition coefficient (Wildman–Crippen LogP) is 2.49. The second-order valence-corrected chi connectivity index (χ2v) is 4.16. The van der Waals surface area contributed by atoms with Gasteiger partial charge in [0.05, 0.1) is 27.1 Å². The second-order valence-electron chi connectivity index (χ2n) is 2.91. The molecular weight excluding hydrogens is 308 g/mol. The number of nitrogens with zero attached hydrogens (tertiary/aromatic N) is 3. The molecule has 2 rings (SSSR count). The molecule has 0 aliphatic carbocycles. The fraction of sp³-hybridized carbons (Fsp3) is 0. The highest BCUT2D eigenvalue weighted by atomic mass is 127. The van der Waals surface area contributed by atoms with Gasteiger partial charge in [-0.15, -0.1) is 0 Å². The highest BCUT2D eigenvalue weighted by Crippen LogP contribution is 2.13. The van der Waals surface area contributed by atoms with Crippen molar-refractivity contribution < 1.29 is 4.39 Å². The molecule has 1 aromatic heterocycles. The average Bonchev–Trinajstić information content (AvgIpc) is 2.64. The summed E-state index contributed by atoms with van der Waals surface area (Å²) in [4.78, 5) is 0. The summed E-state index contributed by atoms with van der Waals surface area (Å²) in [6.07, 6.45) is 3.42. The Bertz CT molecular complexity index is 542. The topological polar surface area (TPSA) is 41.6 Å². The van der Waals surface area contributed by atoms with Crippen LogP contribution in [0.5, 0.6) is 0 Å². The third-order valence-electron chi connectivity index (χ3n) is 1.83. The van der Waals surface area contributed by atoms with Crippen molar-refractivity contribution in [1.29, 1.82) is 5.26 Å². The maximum absolute atomic E-state index is 13.1. The van der Waals surface area contributed by atoms with Crippen molar-refractivity contribution in [1.82, 2.24) is 9.78 Å². The van der Waals surface area contributed by atoms with E-state index in [4.69, 9.17) is 5.26 Å². The van der Waals surface area contributed by atoms with E-state index < -0.39 is 5.82 Å². The molecule has 74 valence electrons. The number of aromatic nitrogens is 2. The molecule has 0 radical (unpaired) electrons. The highest BCUT2D eigenvalue weighted by molar-refractivity contribution is 14.1. The first-order valence-corrected chi connectivity index (χ1v) is 5.18. The van der Waals surface area contributed by atoms with Crippen molar-refractivity contribution in [3.05, 3.63) is 45.5 Å². The van der Waals surface area contributed by atoms with Crippen molar-refractivity contribution >= 4 is 22.6 Å². The van der Waals surface area contributed by atoms with Crippen molar-refractivity contribution in [2.75, 3.05) is 0 Å². The SMILES string of the molecule is N#Cc1cc(F)cc(-n2cc(I)cn2)c1. The monoisotopic (exact) mass is 313 g/mol. The molecule has 0 N–H and O–H groups in total. The van der Waals surface area contributed by atoms with E-state index in [9.17, 15) is 4.39 Å². The van der Waals surface area contributed by atoms with Gasteiger partial charge in [0, 0.05) is 6.20 Å². The van der Waals surface area contributed by atoms with Crippen molar-refractivity contribution in [3.8, 4) is 11.8 Å². The summed E-state index contributed by atoms with van der Waals surface area (Å²) in [5.74, 6) is -0.436. The fourth-order valence-electron chi connectivity index (χ4n) is 1.21. The van der Waals surface area contributed by atoms with E-state index in [0.717, 1.165) is 3.57 Å². The van der Waals surface area contributed by atoms with Crippen LogP contribution in [-0.2, 0) is 0 Å². The zero-order chi connectivity index (χ0) is 10.8. The Labute approximate surface area is 99.3 Å². The number of nitriles is 1. The lowest BCUT2D eigenvalue weighted by Crippen LogP contribution is -1.95. The molecule has 0 aliphatic heterocycles. The van der Waals surface area contributed by atoms with E-state index in [1.165, 1.54) is 16.8 Å². The Morgan fingerprint density at radius 3 is 2.80 bits per heavy atom. The first kappa shape index (κ1) is 10.1. The minimum absolute atomic E-state index is 0.288. The molecule has 3 nitrogen and oxygen atoms in total. The van der Waals surface area contributed by atoms with Gasteiger partial charge in [-0.25, -0.2) is 9.07 Å². The molecule has 0 atom stereocenters. The molecule has 0 spiro atoms. The molecule has 0 fully saturated rings. The molecule has 1 aromatic carbocycles. The fourth-order valence-corrected chi connectivity index (χ4v) is 1.60. The maximum Gasteiger partial charge on any atom is 0.126 e. The summed E-state index contributed by atoms with van der Waals surface area (Å²) in [6.45, 7) is 0. The minimum Gasteiger partial charge on any atom is -0.240 e. The number of benzene rings is 1. The largest absolute Gasteiger partial charge is 0.240 e. The van der Waals surface area contributed by atoms with Crippen LogP contribution in [-0.4, -0.2) is 9.78 Å². The van der Waals surface area contributed by atoms with Gasteiger partial charge in [0.25, 0.3) is 0 Å². The third kappa shape index (κ3) is 2.15. The van der Waals surface area contributed by atoms with Gasteiger partial charge in [-0.2, -0.15) is 10.4 Å². The number of hydrogen-bond acceptors (Lipinski definition) is 2. The Kier molecular flexibility index (Phi) is 2.68. The standard InChI is InChI=1S/C10H5FIN3/c11-8-1-7(4-13)2-10(3-8)15-6-9(12)5-14-15/h1-3,5-6H. The van der Waals surface area contributed by atoms with E-state index in [2.05, 4.69) is 27.7 Å². The molecular formula is C10H5FIN3. The van der Waals surface area contributed by atoms with E-state index in [1.807, 2.05) is 6.07 Å². The summed E-state index contributed by atoms with van der Waals surface area (Å²) in [6, 6.07) is 6.02. The summed E-state index contributed by atoms with van der Waals surface area (Å²) in [7, 11) is 0. The quantitative estimate of drug-likeness (QED) is 0.759. The van der Waals surface area contributed by atoms with E-state index in [0.29, 0.717) is 5.69 Å². The van der Waals surface area contributed by atoms with Crippen LogP contribution >= 0.6 is 22.6 Å². The highest BCUT2D eigenvalue weighted by Gasteiger charge is 2.03. The zero-order valence-electron chi connectivity index (χ0n) is 7.48. The molecule has 1 heterocycles. The molecule has 5 heteroatoms. The lowest BCUT2D eigenvalue weighted by Gasteiger charge is -2.01. The summed E-state index contributed by atoms with van der Waals surface area (Å²) in [5, 5.41) is 12.7. The van der Waals surface area contributed by atoms with E-state index >= 15 is 0 Å². The number of rotatable bonds is 1. The van der Waals surface area contributed by atoms with Crippen LogP contribution in [0.15, 0.2) is 30.6 Å². The van der Waals surface area contributed by atoms with Gasteiger partial charge in [-0.1, -0.05) is 0 Å². The number of hydrogen-bond donors (Lipinski definition) is 0. The molecule has 0 unspecified atom stereocenters. The first-order valence-electron chi connectivity index (χ1n) is 4.10. The van der Waals surface area contributed by atoms with Gasteiger partial charge in [0.2, 0.25) is 0 Å². The molecule has 0 saturated carbocycles. The van der Waals surface area contributed by atoms with Crippen LogP contribution in [0.2, 0.25) is 0 Å². The van der Waals surface area contributed by atoms with Gasteiger partial charge < -0.3 is 0 Å². The maximum atomic E-state index is 13.1. The molecule has 2 aromatic rings. The van der Waals surface area contributed by atoms with Crippen LogP contribution in [0.4, 0.5) is 4.39 Å². The Morgan fingerprint density at radius 2 is 2.20 bits per heavy atom. The van der Waals surface area contributed by atoms with Crippen LogP contribution in [0, 0.1) is 20.7 Å². The summed E-state index contributed by atoms with van der Waals surface area (Å²) in [5.41, 5.74) is 0.838. The average molecular weight is 313 g/mol. The van der Waals surface area contributed by atoms with Gasteiger partial charge >= 0.3 is 0 Å². The van der Waals surface area contributed by atoms with Gasteiger partial charge in [0.15, 0.2) is 0 Å². The smallest absolute Gasteiger partial charge is 0.126 e. The van der Waals surface area contributed by atoms with Crippen molar-refractivity contribution in [2.45, 2.75) is 0 Å². The normalized spacial score (nSPS) is 9.93. The Balaban J connectivity index is 2.54. The van der Waals surface area contributed by atoms with E-state index in [1.54, 1.807) is 18.5 Å². The lowest BCUT2D eigenvalue weighted by atomic mass is 10.2. The van der Waals surface area contributed by atoms with Crippen LogP contribution in [0.1, 0.15) is 5.56 Å². The predicted molar refractivity (Wildman–Crippen MR) is 61.0 cm³/mol. The van der Waals surface area contributed by atoms with Crippen LogP contribution < -0.4 is 0 Å². The van der Waals surface area contributed by atoms with Gasteiger partial charge in [-0.3, -0.25) is 0 Å². The van der Waals surface area contributed by atoms with Crippen LogP contribution in [0.3, 0.4) is 0 Å². The second kappa shape index (κ2) is 3.98. The Morgan fingerprint density at radius 1 is 1.40 bits per heavy atom. The molecule has 0 amide bonds. The molecule has 0 bridgehead atoms. The summed E-state index contributed by atoms with van der Waals surface area (Å²) < 4.78 is 15.6. The first-order chi connectivity index (χ1) is 7.19. The molecule has 0 aliphatic rings. The van der Waals surface area contributed by atoms with Gasteiger partial charge in [0.1, 0.15) is 5.82 Å². The third-order valence-corrected chi connectivity index (χ3v) is 2.38. The van der Waals surface area contributed by atoms with Crippen molar-refractivity contribution in [3.63, 3.8) is 0 Å². The van der Waals surface area contributed by atoms with Gasteiger partial charge in [-0.05, 0) is 40.8 Å². The zero-order valence-corrected chi connectivity index (χ0v) is 9.64. The van der Waals surface area contributed by atoms with Crippen molar-refractivity contribution in [2.24, 2.45) is 0 Å². The Hall–Kier alpha value is -1.42.